The highest BCUT2D eigenvalue weighted by Crippen LogP contribution is 2.29. The molecule has 5 heteroatoms. The summed E-state index contributed by atoms with van der Waals surface area (Å²) < 4.78 is 6.51. The Hall–Kier alpha value is -2.21. The fourth-order valence-corrected chi connectivity index (χ4v) is 4.31. The molecule has 2 aliphatic rings. The molecule has 0 aliphatic carbocycles. The molecule has 3 N–H and O–H groups in total. The second kappa shape index (κ2) is 9.53. The van der Waals surface area contributed by atoms with Crippen LogP contribution in [0.2, 0.25) is 0 Å². The van der Waals surface area contributed by atoms with E-state index >= 15 is 0 Å². The number of aryl methyl sites for hydroxylation is 1. The number of rotatable bonds is 5. The summed E-state index contributed by atoms with van der Waals surface area (Å²) in [4.78, 5) is 13.1. The Morgan fingerprint density at radius 1 is 1.03 bits per heavy atom. The van der Waals surface area contributed by atoms with Crippen LogP contribution in [0.4, 0.5) is 5.69 Å². The lowest BCUT2D eigenvalue weighted by Crippen LogP contribution is -2.56. The van der Waals surface area contributed by atoms with Gasteiger partial charge >= 0.3 is 0 Å². The van der Waals surface area contributed by atoms with E-state index in [-0.39, 0.29) is 24.2 Å². The van der Waals surface area contributed by atoms with Gasteiger partial charge in [0.1, 0.15) is 6.04 Å². The largest absolute Gasteiger partial charge is 0.373 e. The lowest BCUT2D eigenvalue weighted by atomic mass is 9.86. The van der Waals surface area contributed by atoms with Gasteiger partial charge in [-0.1, -0.05) is 48.0 Å². The van der Waals surface area contributed by atoms with Gasteiger partial charge in [0.15, 0.2) is 0 Å². The average molecular weight is 394 g/mol. The lowest BCUT2D eigenvalue weighted by molar-refractivity contribution is -0.127. The van der Waals surface area contributed by atoms with Crippen molar-refractivity contribution in [1.29, 1.82) is 0 Å². The van der Waals surface area contributed by atoms with Crippen molar-refractivity contribution in [2.45, 2.75) is 50.4 Å². The zero-order valence-electron chi connectivity index (χ0n) is 17.1. The number of amides is 1. The maximum absolute atomic E-state index is 13.1. The Balaban J connectivity index is 1.47. The van der Waals surface area contributed by atoms with Crippen LogP contribution in [0.15, 0.2) is 54.6 Å². The maximum Gasteiger partial charge on any atom is 0.244 e. The molecule has 29 heavy (non-hydrogen) atoms. The molecule has 0 aromatic heterocycles. The standard InChI is InChI=1S/C24H31N3O2/c1-17-7-9-20(10-8-17)27-24(28)23-22(29-21-11-13-25-14-12-21)15-19(16-26-23)18-5-3-2-4-6-18/h2-10,19,21-23,25-26H,11-16H2,1H3,(H,27,28). The summed E-state index contributed by atoms with van der Waals surface area (Å²) in [6.45, 7) is 4.78. The molecule has 2 fully saturated rings. The topological polar surface area (TPSA) is 62.4 Å². The summed E-state index contributed by atoms with van der Waals surface area (Å²) in [7, 11) is 0. The summed E-state index contributed by atoms with van der Waals surface area (Å²) in [6.07, 6.45) is 2.93. The van der Waals surface area contributed by atoms with Gasteiger partial charge in [-0.15, -0.1) is 0 Å². The molecule has 0 spiro atoms. The van der Waals surface area contributed by atoms with Crippen molar-refractivity contribution in [3.63, 3.8) is 0 Å². The molecule has 2 aromatic rings. The predicted molar refractivity (Wildman–Crippen MR) is 116 cm³/mol. The van der Waals surface area contributed by atoms with E-state index < -0.39 is 0 Å². The van der Waals surface area contributed by atoms with Gasteiger partial charge in [-0.3, -0.25) is 4.79 Å². The summed E-state index contributed by atoms with van der Waals surface area (Å²) in [5, 5.41) is 9.94. The van der Waals surface area contributed by atoms with E-state index in [9.17, 15) is 4.79 Å². The number of piperidine rings is 2. The molecular formula is C24H31N3O2. The number of hydrogen-bond acceptors (Lipinski definition) is 4. The molecule has 0 bridgehead atoms. The monoisotopic (exact) mass is 393 g/mol. The third-order valence-electron chi connectivity index (χ3n) is 6.00. The zero-order chi connectivity index (χ0) is 20.1. The highest BCUT2D eigenvalue weighted by molar-refractivity contribution is 5.95. The predicted octanol–water partition coefficient (Wildman–Crippen LogP) is 3.22. The van der Waals surface area contributed by atoms with Crippen molar-refractivity contribution in [3.05, 3.63) is 65.7 Å². The van der Waals surface area contributed by atoms with Gasteiger partial charge in [-0.2, -0.15) is 0 Å². The highest BCUT2D eigenvalue weighted by Gasteiger charge is 2.37. The van der Waals surface area contributed by atoms with E-state index in [0.29, 0.717) is 5.92 Å². The molecule has 154 valence electrons. The third kappa shape index (κ3) is 5.24. The molecule has 1 amide bonds. The van der Waals surface area contributed by atoms with Crippen molar-refractivity contribution in [1.82, 2.24) is 10.6 Å². The molecule has 0 saturated carbocycles. The van der Waals surface area contributed by atoms with Crippen LogP contribution in [-0.4, -0.2) is 43.8 Å². The number of carbonyl (C=O) groups excluding carboxylic acids is 1. The smallest absolute Gasteiger partial charge is 0.244 e. The van der Waals surface area contributed by atoms with E-state index in [1.54, 1.807) is 0 Å². The fraction of sp³-hybridized carbons (Fsp3) is 0.458. The number of hydrogen-bond donors (Lipinski definition) is 3. The van der Waals surface area contributed by atoms with Gasteiger partial charge in [0.2, 0.25) is 5.91 Å². The molecule has 2 aliphatic heterocycles. The first kappa shape index (κ1) is 20.1. The summed E-state index contributed by atoms with van der Waals surface area (Å²) in [5.74, 6) is 0.339. The van der Waals surface area contributed by atoms with Crippen molar-refractivity contribution in [2.75, 3.05) is 25.0 Å². The van der Waals surface area contributed by atoms with Gasteiger partial charge in [0, 0.05) is 12.2 Å². The number of nitrogens with one attached hydrogen (secondary N) is 3. The minimum absolute atomic E-state index is 0.0145. The normalized spacial score (nSPS) is 25.5. The zero-order valence-corrected chi connectivity index (χ0v) is 17.1. The van der Waals surface area contributed by atoms with E-state index in [4.69, 9.17) is 4.74 Å². The average Bonchev–Trinajstić information content (AvgIpc) is 2.76. The van der Waals surface area contributed by atoms with Crippen LogP contribution < -0.4 is 16.0 Å². The number of ether oxygens (including phenoxy) is 1. The molecule has 0 radical (unpaired) electrons. The van der Waals surface area contributed by atoms with Crippen LogP contribution in [0, 0.1) is 6.92 Å². The molecule has 4 rings (SSSR count). The molecule has 2 aromatic carbocycles. The van der Waals surface area contributed by atoms with Gasteiger partial charge < -0.3 is 20.7 Å². The SMILES string of the molecule is Cc1ccc(NC(=O)C2NCC(c3ccccc3)CC2OC2CCNCC2)cc1. The minimum Gasteiger partial charge on any atom is -0.373 e. The first-order valence-electron chi connectivity index (χ1n) is 10.7. The van der Waals surface area contributed by atoms with Gasteiger partial charge in [0.05, 0.1) is 12.2 Å². The molecule has 3 unspecified atom stereocenters. The van der Waals surface area contributed by atoms with Crippen molar-refractivity contribution in [3.8, 4) is 0 Å². The van der Waals surface area contributed by atoms with E-state index in [0.717, 1.165) is 44.6 Å². The molecule has 2 saturated heterocycles. The van der Waals surface area contributed by atoms with Crippen LogP contribution >= 0.6 is 0 Å². The van der Waals surface area contributed by atoms with Gasteiger partial charge in [-0.25, -0.2) is 0 Å². The Morgan fingerprint density at radius 3 is 2.48 bits per heavy atom. The van der Waals surface area contributed by atoms with Crippen LogP contribution in [-0.2, 0) is 9.53 Å². The van der Waals surface area contributed by atoms with Crippen LogP contribution in [0.5, 0.6) is 0 Å². The van der Waals surface area contributed by atoms with Crippen LogP contribution in [0.3, 0.4) is 0 Å². The van der Waals surface area contributed by atoms with Crippen molar-refractivity contribution < 1.29 is 9.53 Å². The first-order valence-corrected chi connectivity index (χ1v) is 10.7. The first-order chi connectivity index (χ1) is 14.2. The number of benzene rings is 2. The van der Waals surface area contributed by atoms with E-state index in [2.05, 4.69) is 40.2 Å². The quantitative estimate of drug-likeness (QED) is 0.730. The lowest BCUT2D eigenvalue weighted by Gasteiger charge is -2.39. The Bertz CT molecular complexity index is 788. The summed E-state index contributed by atoms with van der Waals surface area (Å²) >= 11 is 0. The second-order valence-corrected chi connectivity index (χ2v) is 8.21. The number of carbonyl (C=O) groups is 1. The van der Waals surface area contributed by atoms with Crippen LogP contribution in [0.1, 0.15) is 36.3 Å². The maximum atomic E-state index is 13.1. The molecule has 2 heterocycles. The third-order valence-corrected chi connectivity index (χ3v) is 6.00. The van der Waals surface area contributed by atoms with Crippen molar-refractivity contribution in [2.24, 2.45) is 0 Å². The van der Waals surface area contributed by atoms with E-state index in [1.807, 2.05) is 37.3 Å². The van der Waals surface area contributed by atoms with Crippen LogP contribution in [0.25, 0.3) is 0 Å². The molecular weight excluding hydrogens is 362 g/mol. The molecule has 5 nitrogen and oxygen atoms in total. The Morgan fingerprint density at radius 2 is 1.76 bits per heavy atom. The van der Waals surface area contributed by atoms with Gasteiger partial charge in [0.25, 0.3) is 0 Å². The number of anilines is 1. The Labute approximate surface area is 173 Å². The van der Waals surface area contributed by atoms with Gasteiger partial charge in [-0.05, 0) is 62.9 Å². The minimum atomic E-state index is -0.342. The highest BCUT2D eigenvalue weighted by atomic mass is 16.5. The second-order valence-electron chi connectivity index (χ2n) is 8.21. The summed E-state index contributed by atoms with van der Waals surface area (Å²) in [6, 6.07) is 18.1. The van der Waals surface area contributed by atoms with Crippen molar-refractivity contribution >= 4 is 11.6 Å². The Kier molecular flexibility index (Phi) is 6.60. The summed E-state index contributed by atoms with van der Waals surface area (Å²) in [5.41, 5.74) is 3.31. The fourth-order valence-electron chi connectivity index (χ4n) is 4.31. The molecule has 3 atom stereocenters. The van der Waals surface area contributed by atoms with E-state index in [1.165, 1.54) is 11.1 Å².